The van der Waals surface area contributed by atoms with Crippen molar-refractivity contribution in [3.63, 3.8) is 0 Å². The number of allylic oxidation sites excluding steroid dienone is 11. The third kappa shape index (κ3) is 30.4. The van der Waals surface area contributed by atoms with Crippen molar-refractivity contribution in [2.24, 2.45) is 71.0 Å². The normalized spacial score (nSPS) is 40.2. The lowest BCUT2D eigenvalue weighted by Gasteiger charge is -2.43. The number of hydrogen-bond acceptors (Lipinski definition) is 26. The van der Waals surface area contributed by atoms with Crippen LogP contribution in [-0.2, 0) is 85.7 Å². The summed E-state index contributed by atoms with van der Waals surface area (Å²) in [5, 5.41) is 91.0. The van der Waals surface area contributed by atoms with Crippen LogP contribution < -0.4 is 0 Å². The maximum absolute atomic E-state index is 14.4. The number of ketones is 4. The summed E-state index contributed by atoms with van der Waals surface area (Å²) in [7, 11) is 9.15. The lowest BCUT2D eigenvalue weighted by Crippen LogP contribution is -2.61. The van der Waals surface area contributed by atoms with Gasteiger partial charge in [0.1, 0.15) is 54.5 Å². The Balaban J connectivity index is 0.000000356. The Morgan fingerprint density at radius 2 is 0.900 bits per heavy atom. The summed E-state index contributed by atoms with van der Waals surface area (Å²) in [5.74, 6) is -14.7. The quantitative estimate of drug-likeness (QED) is 0.0511. The van der Waals surface area contributed by atoms with Crippen LogP contribution in [0.3, 0.4) is 0 Å². The number of Topliss-reactive ketones (excluding diaryl/α,β-unsaturated/α-hetero) is 4. The van der Waals surface area contributed by atoms with E-state index in [4.69, 9.17) is 47.4 Å². The van der Waals surface area contributed by atoms with E-state index in [0.29, 0.717) is 127 Å². The van der Waals surface area contributed by atoms with E-state index in [1.54, 1.807) is 75.2 Å². The molecule has 8 rings (SSSR count). The van der Waals surface area contributed by atoms with Crippen LogP contribution in [0.1, 0.15) is 251 Å². The van der Waals surface area contributed by atoms with Crippen molar-refractivity contribution in [1.29, 1.82) is 0 Å². The van der Waals surface area contributed by atoms with Crippen LogP contribution in [0.5, 0.6) is 0 Å². The van der Waals surface area contributed by atoms with E-state index >= 15 is 0 Å². The van der Waals surface area contributed by atoms with Crippen molar-refractivity contribution in [3.05, 3.63) is 95.2 Å². The number of nitrogens with zero attached hydrogens (tertiary/aromatic N) is 2. The predicted octanol–water partition coefficient (Wildman–Crippen LogP) is 11.9. The highest BCUT2D eigenvalue weighted by Gasteiger charge is 2.56. The molecule has 4 saturated heterocycles. The Labute approximate surface area is 773 Å². The van der Waals surface area contributed by atoms with Crippen molar-refractivity contribution in [1.82, 2.24) is 9.80 Å². The van der Waals surface area contributed by atoms with E-state index in [0.717, 1.165) is 24.0 Å². The zero-order valence-electron chi connectivity index (χ0n) is 81.5. The number of carbonyl (C=O) groups is 8. The fourth-order valence-electron chi connectivity index (χ4n) is 20.5. The number of fused-ring (bicyclic) bond motifs is 6. The lowest BCUT2D eigenvalue weighted by atomic mass is 9.78. The largest absolute Gasteiger partial charge is 0.460 e. The molecule has 8 aliphatic rings. The number of carbonyl (C=O) groups excluding carboxylic acids is 8. The summed E-state index contributed by atoms with van der Waals surface area (Å²) in [5.41, 5.74) is 2.67. The molecule has 2 amide bonds. The van der Waals surface area contributed by atoms with Gasteiger partial charge in [0.25, 0.3) is 23.4 Å². The molecule has 0 radical (unpaired) electrons. The summed E-state index contributed by atoms with van der Waals surface area (Å²) in [6.45, 7) is 25.9. The minimum Gasteiger partial charge on any atom is -0.460 e. The minimum absolute atomic E-state index is 0.0193. The molecule has 4 bridgehead atoms. The van der Waals surface area contributed by atoms with Crippen molar-refractivity contribution in [3.8, 4) is 0 Å². The first kappa shape index (κ1) is 111. The highest BCUT2D eigenvalue weighted by Crippen LogP contribution is 2.42. The van der Waals surface area contributed by atoms with Crippen LogP contribution in [-0.4, -0.2) is 275 Å². The van der Waals surface area contributed by atoms with Crippen LogP contribution in [0.15, 0.2) is 95.2 Å². The molecule has 32 unspecified atom stereocenters. The number of piperidine rings is 2. The van der Waals surface area contributed by atoms with Crippen LogP contribution in [0, 0.1) is 71.0 Å². The second kappa shape index (κ2) is 52.8. The molecule has 130 heavy (non-hydrogen) atoms. The van der Waals surface area contributed by atoms with Gasteiger partial charge >= 0.3 is 11.9 Å². The van der Waals surface area contributed by atoms with Gasteiger partial charge in [-0.1, -0.05) is 142 Å². The number of methoxy groups -OCH3 is 6. The van der Waals surface area contributed by atoms with Crippen LogP contribution in [0.2, 0.25) is 0 Å². The highest BCUT2D eigenvalue weighted by atomic mass is 16.6. The summed E-state index contributed by atoms with van der Waals surface area (Å²) < 4.78 is 59.0. The van der Waals surface area contributed by atoms with Crippen LogP contribution in [0.25, 0.3) is 0 Å². The molecule has 32 atom stereocenters. The Bertz CT molecular complexity index is 3910. The van der Waals surface area contributed by atoms with Gasteiger partial charge in [-0.3, -0.25) is 28.8 Å². The Kier molecular flexibility index (Phi) is 45.0. The van der Waals surface area contributed by atoms with E-state index in [9.17, 15) is 79.2 Å². The van der Waals surface area contributed by atoms with Gasteiger partial charge in [-0.05, 0) is 220 Å². The van der Waals surface area contributed by atoms with Crippen molar-refractivity contribution in [2.75, 3.05) is 55.7 Å². The molecule has 28 heteroatoms. The number of aliphatic hydroxyl groups excluding tert-OH is 6. The zero-order chi connectivity index (χ0) is 96.3. The van der Waals surface area contributed by atoms with Crippen LogP contribution in [0.4, 0.5) is 0 Å². The molecular formula is C102H162N2O26. The first-order chi connectivity index (χ1) is 61.5. The van der Waals surface area contributed by atoms with Crippen LogP contribution >= 0.6 is 0 Å². The van der Waals surface area contributed by atoms with Gasteiger partial charge < -0.3 is 98.0 Å². The number of ether oxygens (including phenoxy) is 10. The number of amides is 2. The number of aliphatic hydroxyl groups is 8. The van der Waals surface area contributed by atoms with Gasteiger partial charge in [0.05, 0.1) is 61.0 Å². The maximum atomic E-state index is 14.4. The molecule has 0 aromatic rings. The van der Waals surface area contributed by atoms with Gasteiger partial charge in [-0.25, -0.2) is 9.59 Å². The summed E-state index contributed by atoms with van der Waals surface area (Å²) >= 11 is 0. The average Bonchev–Trinajstić information content (AvgIpc) is 0.774. The molecule has 28 nitrogen and oxygen atoms in total. The Hall–Kier alpha value is -6.16. The first-order valence-corrected chi connectivity index (χ1v) is 48.1. The first-order valence-electron chi connectivity index (χ1n) is 48.1. The number of hydrogen-bond donors (Lipinski definition) is 8. The van der Waals surface area contributed by atoms with Gasteiger partial charge in [-0.15, -0.1) is 0 Å². The van der Waals surface area contributed by atoms with Gasteiger partial charge in [0.15, 0.2) is 5.78 Å². The number of rotatable bonds is 12. The maximum Gasteiger partial charge on any atom is 0.329 e. The fraction of sp³-hybridized carbons (Fsp3) is 0.765. The van der Waals surface area contributed by atoms with E-state index in [-0.39, 0.29) is 104 Å². The van der Waals surface area contributed by atoms with E-state index < -0.39 is 174 Å². The summed E-state index contributed by atoms with van der Waals surface area (Å²) in [4.78, 5) is 116. The molecule has 6 fully saturated rings. The average molecular weight is 1830 g/mol. The van der Waals surface area contributed by atoms with E-state index in [1.165, 1.54) is 24.0 Å². The third-order valence-corrected chi connectivity index (χ3v) is 29.4. The number of cyclic esters (lactones) is 2. The molecule has 0 aromatic carbocycles. The number of esters is 2. The molecule has 0 aromatic heterocycles. The Morgan fingerprint density at radius 1 is 0.454 bits per heavy atom. The fourth-order valence-corrected chi connectivity index (χ4v) is 20.5. The third-order valence-electron chi connectivity index (χ3n) is 29.4. The standard InChI is InChI=1S/C51H83NO13.C51H79NO13/c2*1-30-16-12-11-13-17-31(2)42(61-8)28-38-21-19-36(7)51(60,65-38)48(57)49(58)52-23-15-14-18-39(52)50(59)64-43(33(4)26-37-20-22-40(53)44(27-37)62-9)29-41(54)32(3)25-35(6)46(56)47(63-10)45(55)34(5)24-30/h11-13,16-17,25,30,32-34,36-47,53-56,60H,14-15,18-24,26-29H2,1-10H3;11-13,16-17,25,30,32-34,36-40,42-44,46-47,53,56,60H,14-15,18-24,26-29H2,1-10H3/b2*13-11?,16-12+,31-17?,35-25+. The van der Waals surface area contributed by atoms with E-state index in [1.807, 2.05) is 116 Å². The van der Waals surface area contributed by atoms with E-state index in [2.05, 4.69) is 6.92 Å². The second-order valence-corrected chi connectivity index (χ2v) is 39.6. The predicted molar refractivity (Wildman–Crippen MR) is 492 cm³/mol. The summed E-state index contributed by atoms with van der Waals surface area (Å²) in [6.07, 6.45) is 21.8. The molecule has 8 N–H and O–H groups in total. The topological polar surface area (TPSA) is 397 Å². The van der Waals surface area contributed by atoms with Gasteiger partial charge in [-0.2, -0.15) is 0 Å². The molecule has 2 saturated carbocycles. The molecule has 736 valence electrons. The SMILES string of the molecule is COC1CC2CCC(C)C(O)(O2)C(=O)C(=O)N2CCCCC2C(=O)OC(C(C)CC2CCC(O)C(OC)C2)CC(=O)C(C)/C=C(\C)C(O)C(OC)C(=O)C(C)CC(C)/C=C/C=CC=C1C.COC1CC2CCC(C)C(O)(O2)C(=O)C(=O)N2CCCCC2C(=O)OC(C(C)CC2CCC(O)C(OC)C2)CC(O)C(C)/C=C(\C)C(O)C(OC)C(O)C(C)CC(C)/C=C/C=CC=C1C. The monoisotopic (exact) mass is 1830 g/mol. The zero-order valence-corrected chi connectivity index (χ0v) is 81.5. The summed E-state index contributed by atoms with van der Waals surface area (Å²) in [6, 6.07) is -2.24. The molecule has 2 aliphatic carbocycles. The van der Waals surface area contributed by atoms with Crippen molar-refractivity contribution in [2.45, 2.75) is 372 Å². The molecule has 6 heterocycles. The molecular weight excluding hydrogens is 1670 g/mol. The van der Waals surface area contributed by atoms with Gasteiger partial charge in [0.2, 0.25) is 11.6 Å². The van der Waals surface area contributed by atoms with Gasteiger partial charge in [0, 0.05) is 111 Å². The smallest absolute Gasteiger partial charge is 0.329 e. The molecule has 0 spiro atoms. The van der Waals surface area contributed by atoms with Crippen molar-refractivity contribution < 1.29 is 127 Å². The molecule has 6 aliphatic heterocycles. The van der Waals surface area contributed by atoms with Crippen molar-refractivity contribution >= 4 is 46.9 Å². The lowest BCUT2D eigenvalue weighted by molar-refractivity contribution is -0.265. The Morgan fingerprint density at radius 3 is 1.35 bits per heavy atom. The minimum atomic E-state index is -2.43. The highest BCUT2D eigenvalue weighted by molar-refractivity contribution is 6.39. The second-order valence-electron chi connectivity index (χ2n) is 39.6.